The number of hydrogen-bond acceptors (Lipinski definition) is 3. The summed E-state index contributed by atoms with van der Waals surface area (Å²) in [5.74, 6) is 0. The molecule has 3 nitrogen and oxygen atoms in total. The van der Waals surface area contributed by atoms with Gasteiger partial charge in [0.25, 0.3) is 0 Å². The second-order valence-corrected chi connectivity index (χ2v) is 7.17. The quantitative estimate of drug-likeness (QED) is 0.679. The minimum absolute atomic E-state index is 0.0869. The van der Waals surface area contributed by atoms with Crippen molar-refractivity contribution < 1.29 is 0 Å². The molecule has 0 saturated carbocycles. The van der Waals surface area contributed by atoms with Crippen molar-refractivity contribution in [3.63, 3.8) is 0 Å². The molecule has 1 aromatic heterocycles. The lowest BCUT2D eigenvalue weighted by molar-refractivity contribution is 0.766. The van der Waals surface area contributed by atoms with Gasteiger partial charge in [0.1, 0.15) is 11.4 Å². The first-order chi connectivity index (χ1) is 6.64. The highest BCUT2D eigenvalue weighted by Gasteiger charge is 2.34. The molecule has 15 heavy (non-hydrogen) atoms. The highest BCUT2D eigenvalue weighted by molar-refractivity contribution is 6.67. The molecule has 1 rings (SSSR count). The van der Waals surface area contributed by atoms with Crippen molar-refractivity contribution in [2.75, 3.05) is 0 Å². The standard InChI is InChI=1S/C6H3Cl6N3/c1-2-3(5(7,8)9)13-15-14-4(2)6(10,11)12/h1H3. The third-order valence-corrected chi connectivity index (χ3v) is 2.61. The lowest BCUT2D eigenvalue weighted by Gasteiger charge is -2.17. The topological polar surface area (TPSA) is 38.7 Å². The van der Waals surface area contributed by atoms with Crippen LogP contribution in [0.5, 0.6) is 0 Å². The van der Waals surface area contributed by atoms with Crippen LogP contribution in [-0.4, -0.2) is 15.4 Å². The van der Waals surface area contributed by atoms with E-state index < -0.39 is 7.59 Å². The SMILES string of the molecule is Cc1c(C(Cl)(Cl)Cl)nnnc1C(Cl)(Cl)Cl. The van der Waals surface area contributed by atoms with Crippen LogP contribution in [0.1, 0.15) is 17.0 Å². The number of alkyl halides is 6. The molecule has 0 saturated heterocycles. The zero-order chi connectivity index (χ0) is 11.9. The lowest BCUT2D eigenvalue weighted by atomic mass is 10.2. The van der Waals surface area contributed by atoms with Gasteiger partial charge in [0.15, 0.2) is 0 Å². The molecule has 1 aromatic rings. The van der Waals surface area contributed by atoms with Crippen molar-refractivity contribution in [1.29, 1.82) is 0 Å². The fraction of sp³-hybridized carbons (Fsp3) is 0.500. The Morgan fingerprint density at radius 1 is 0.800 bits per heavy atom. The minimum Gasteiger partial charge on any atom is -0.130 e. The first kappa shape index (κ1) is 13.8. The van der Waals surface area contributed by atoms with Crippen LogP contribution in [0.3, 0.4) is 0 Å². The fourth-order valence-electron chi connectivity index (χ4n) is 0.913. The maximum absolute atomic E-state index is 5.66. The van der Waals surface area contributed by atoms with Gasteiger partial charge < -0.3 is 0 Å². The summed E-state index contributed by atoms with van der Waals surface area (Å²) in [5.41, 5.74) is 0.553. The molecule has 0 fully saturated rings. The van der Waals surface area contributed by atoms with Crippen molar-refractivity contribution in [3.8, 4) is 0 Å². The van der Waals surface area contributed by atoms with E-state index in [1.54, 1.807) is 6.92 Å². The van der Waals surface area contributed by atoms with E-state index in [-0.39, 0.29) is 11.4 Å². The Bertz CT molecular complexity index is 336. The van der Waals surface area contributed by atoms with Gasteiger partial charge in [0, 0.05) is 5.56 Å². The van der Waals surface area contributed by atoms with Crippen LogP contribution in [0.4, 0.5) is 0 Å². The monoisotopic (exact) mass is 327 g/mol. The first-order valence-corrected chi connectivity index (χ1v) is 5.75. The van der Waals surface area contributed by atoms with Crippen molar-refractivity contribution in [3.05, 3.63) is 17.0 Å². The molecule has 0 unspecified atom stereocenters. The fourth-order valence-corrected chi connectivity index (χ4v) is 1.99. The van der Waals surface area contributed by atoms with E-state index in [4.69, 9.17) is 69.6 Å². The zero-order valence-corrected chi connectivity index (χ0v) is 11.6. The van der Waals surface area contributed by atoms with Gasteiger partial charge in [0.05, 0.1) is 0 Å². The lowest BCUT2D eigenvalue weighted by Crippen LogP contribution is -2.16. The predicted octanol–water partition coefficient (Wildman–Crippen LogP) is 3.83. The molecule has 0 N–H and O–H groups in total. The Morgan fingerprint density at radius 2 is 1.13 bits per heavy atom. The van der Waals surface area contributed by atoms with Gasteiger partial charge >= 0.3 is 0 Å². The number of halogens is 6. The molecule has 0 spiro atoms. The molecule has 0 radical (unpaired) electrons. The van der Waals surface area contributed by atoms with E-state index in [1.165, 1.54) is 0 Å². The van der Waals surface area contributed by atoms with Crippen LogP contribution in [0, 0.1) is 6.92 Å². The molecule has 9 heteroatoms. The van der Waals surface area contributed by atoms with Crippen LogP contribution in [0.2, 0.25) is 0 Å². The van der Waals surface area contributed by atoms with E-state index in [2.05, 4.69) is 15.4 Å². The summed E-state index contributed by atoms with van der Waals surface area (Å²) < 4.78 is -3.46. The highest BCUT2D eigenvalue weighted by Crippen LogP contribution is 2.43. The Hall–Kier alpha value is 0.750. The van der Waals surface area contributed by atoms with E-state index >= 15 is 0 Å². The van der Waals surface area contributed by atoms with Crippen LogP contribution in [0.25, 0.3) is 0 Å². The average molecular weight is 330 g/mol. The summed E-state index contributed by atoms with van der Waals surface area (Å²) in [6.07, 6.45) is 0. The van der Waals surface area contributed by atoms with E-state index in [0.29, 0.717) is 5.56 Å². The molecule has 0 bridgehead atoms. The van der Waals surface area contributed by atoms with Crippen LogP contribution in [0.15, 0.2) is 0 Å². The molecule has 0 aliphatic carbocycles. The van der Waals surface area contributed by atoms with E-state index in [1.807, 2.05) is 0 Å². The Balaban J connectivity index is 3.37. The molecule has 84 valence electrons. The smallest absolute Gasteiger partial charge is 0.130 e. The van der Waals surface area contributed by atoms with Gasteiger partial charge in [0.2, 0.25) is 7.59 Å². The maximum Gasteiger partial charge on any atom is 0.234 e. The third kappa shape index (κ3) is 3.35. The summed E-state index contributed by atoms with van der Waals surface area (Å²) in [7, 11) is 0. The van der Waals surface area contributed by atoms with Gasteiger partial charge in [-0.1, -0.05) is 69.6 Å². The van der Waals surface area contributed by atoms with E-state index in [0.717, 1.165) is 0 Å². The summed E-state index contributed by atoms with van der Waals surface area (Å²) in [6, 6.07) is 0. The third-order valence-electron chi connectivity index (χ3n) is 1.54. The number of aromatic nitrogens is 3. The summed E-state index contributed by atoms with van der Waals surface area (Å²) in [5, 5.41) is 10.6. The molecule has 1 heterocycles. The van der Waals surface area contributed by atoms with Crippen molar-refractivity contribution in [2.24, 2.45) is 0 Å². The highest BCUT2D eigenvalue weighted by atomic mass is 35.6. The second kappa shape index (κ2) is 4.55. The summed E-state index contributed by atoms with van der Waals surface area (Å²) >= 11 is 33.9. The van der Waals surface area contributed by atoms with Crippen molar-refractivity contribution in [1.82, 2.24) is 15.4 Å². The normalized spacial score (nSPS) is 13.0. The summed E-state index contributed by atoms with van der Waals surface area (Å²) in [4.78, 5) is 0. The molecule has 0 aliphatic heterocycles. The zero-order valence-electron chi connectivity index (χ0n) is 7.11. The largest absolute Gasteiger partial charge is 0.234 e. The van der Waals surface area contributed by atoms with Gasteiger partial charge in [-0.3, -0.25) is 0 Å². The van der Waals surface area contributed by atoms with Crippen LogP contribution < -0.4 is 0 Å². The molecular weight excluding hydrogens is 327 g/mol. The molecule has 0 amide bonds. The number of hydrogen-bond donors (Lipinski definition) is 0. The molecule has 0 aromatic carbocycles. The van der Waals surface area contributed by atoms with Crippen molar-refractivity contribution in [2.45, 2.75) is 14.5 Å². The first-order valence-electron chi connectivity index (χ1n) is 3.48. The van der Waals surface area contributed by atoms with Crippen LogP contribution >= 0.6 is 69.6 Å². The van der Waals surface area contributed by atoms with Crippen molar-refractivity contribution >= 4 is 69.6 Å². The van der Waals surface area contributed by atoms with E-state index in [9.17, 15) is 0 Å². The Kier molecular flexibility index (Phi) is 4.19. The average Bonchev–Trinajstić information content (AvgIpc) is 1.99. The second-order valence-electron chi connectivity index (χ2n) is 2.61. The van der Waals surface area contributed by atoms with Gasteiger partial charge in [-0.05, 0) is 12.1 Å². The number of nitrogens with zero attached hydrogens (tertiary/aromatic N) is 3. The molecule has 0 aliphatic rings. The van der Waals surface area contributed by atoms with Gasteiger partial charge in [-0.2, -0.15) is 0 Å². The summed E-state index contributed by atoms with van der Waals surface area (Å²) in [6.45, 7) is 1.58. The molecule has 0 atom stereocenters. The van der Waals surface area contributed by atoms with Gasteiger partial charge in [-0.15, -0.1) is 10.2 Å². The number of rotatable bonds is 0. The minimum atomic E-state index is -1.73. The Labute approximate surface area is 116 Å². The van der Waals surface area contributed by atoms with Gasteiger partial charge in [-0.25, -0.2) is 0 Å². The maximum atomic E-state index is 5.66. The predicted molar refractivity (Wildman–Crippen MR) is 63.0 cm³/mol. The molecular formula is C6H3Cl6N3. The van der Waals surface area contributed by atoms with Crippen LogP contribution in [-0.2, 0) is 7.59 Å². The Morgan fingerprint density at radius 3 is 1.40 bits per heavy atom.